The minimum absolute atomic E-state index is 0.0191. The van der Waals surface area contributed by atoms with Crippen LogP contribution in [-0.2, 0) is 30.4 Å². The van der Waals surface area contributed by atoms with Crippen LogP contribution in [-0.4, -0.2) is 69.7 Å². The second kappa shape index (κ2) is 13.8. The molecule has 3 atom stereocenters. The number of carboxylic acid groups (broad SMARTS) is 2. The van der Waals surface area contributed by atoms with Crippen molar-refractivity contribution < 1.29 is 39.3 Å². The third-order valence-electron chi connectivity index (χ3n) is 4.77. The Balaban J connectivity index is 2.67. The van der Waals surface area contributed by atoms with E-state index in [4.69, 9.17) is 15.9 Å². The zero-order chi connectivity index (χ0) is 25.8. The quantitative estimate of drug-likeness (QED) is 0.180. The van der Waals surface area contributed by atoms with Gasteiger partial charge in [0.2, 0.25) is 17.7 Å². The van der Waals surface area contributed by atoms with E-state index >= 15 is 0 Å². The Morgan fingerprint density at radius 3 is 2.09 bits per heavy atom. The number of aromatic hydroxyl groups is 1. The number of nitrogens with one attached hydrogen (secondary N) is 3. The molecule has 1 aromatic carbocycles. The number of amides is 3. The lowest BCUT2D eigenvalue weighted by Crippen LogP contribution is -2.54. The molecule has 3 amide bonds. The third-order valence-corrected chi connectivity index (χ3v) is 4.77. The Morgan fingerprint density at radius 2 is 1.56 bits per heavy atom. The summed E-state index contributed by atoms with van der Waals surface area (Å²) in [6.07, 6.45) is -0.315. The molecule has 0 spiro atoms. The van der Waals surface area contributed by atoms with E-state index in [9.17, 15) is 29.1 Å². The van der Waals surface area contributed by atoms with E-state index in [1.165, 1.54) is 12.1 Å². The number of phenols is 1. The minimum atomic E-state index is -1.41. The maximum absolute atomic E-state index is 12.6. The molecular weight excluding hydrogens is 448 g/mol. The third kappa shape index (κ3) is 10.8. The first-order valence-electron chi connectivity index (χ1n) is 10.7. The highest BCUT2D eigenvalue weighted by atomic mass is 16.4. The maximum Gasteiger partial charge on any atom is 0.326 e. The zero-order valence-corrected chi connectivity index (χ0v) is 19.1. The molecule has 0 fully saturated rings. The number of hydrogen-bond donors (Lipinski definition) is 7. The maximum atomic E-state index is 12.6. The lowest BCUT2D eigenvalue weighted by atomic mass is 10.0. The molecule has 12 heteroatoms. The number of carbonyl (C=O) groups excluding carboxylic acids is 3. The van der Waals surface area contributed by atoms with Crippen molar-refractivity contribution in [3.63, 3.8) is 0 Å². The van der Waals surface area contributed by atoms with Gasteiger partial charge in [-0.05, 0) is 42.9 Å². The van der Waals surface area contributed by atoms with Gasteiger partial charge in [0.05, 0.1) is 12.6 Å². The zero-order valence-electron chi connectivity index (χ0n) is 19.1. The Labute approximate surface area is 196 Å². The molecule has 0 bridgehead atoms. The van der Waals surface area contributed by atoms with Crippen molar-refractivity contribution in [2.45, 2.75) is 57.7 Å². The first-order chi connectivity index (χ1) is 15.9. The molecule has 0 radical (unpaired) electrons. The van der Waals surface area contributed by atoms with Gasteiger partial charge in [0.15, 0.2) is 0 Å². The molecule has 1 rings (SSSR count). The van der Waals surface area contributed by atoms with Crippen LogP contribution in [0.1, 0.15) is 38.7 Å². The predicted molar refractivity (Wildman–Crippen MR) is 121 cm³/mol. The van der Waals surface area contributed by atoms with Gasteiger partial charge in [-0.25, -0.2) is 4.79 Å². The molecule has 188 valence electrons. The average molecular weight is 481 g/mol. The molecule has 0 aliphatic heterocycles. The standard InChI is InChI=1S/C22H32N4O8/c1-12(2)9-17(26-20(31)15(23)10-13-3-5-14(27)6-4-13)21(32)24-11-18(28)25-16(22(33)34)7-8-19(29)30/h3-6,12,15-17,27H,7-11,23H2,1-2H3,(H,24,32)(H,25,28)(H,26,31)(H,29,30)(H,33,34). The van der Waals surface area contributed by atoms with Crippen LogP contribution >= 0.6 is 0 Å². The van der Waals surface area contributed by atoms with Crippen LogP contribution in [0.5, 0.6) is 5.75 Å². The summed E-state index contributed by atoms with van der Waals surface area (Å²) in [4.78, 5) is 59.0. The minimum Gasteiger partial charge on any atom is -0.508 e. The van der Waals surface area contributed by atoms with E-state index < -0.39 is 60.8 Å². The van der Waals surface area contributed by atoms with Gasteiger partial charge in [0, 0.05) is 6.42 Å². The van der Waals surface area contributed by atoms with Gasteiger partial charge in [-0.3, -0.25) is 19.2 Å². The molecule has 3 unspecified atom stereocenters. The number of benzene rings is 1. The molecule has 0 saturated carbocycles. The van der Waals surface area contributed by atoms with Gasteiger partial charge in [0.25, 0.3) is 0 Å². The van der Waals surface area contributed by atoms with Crippen molar-refractivity contribution in [2.24, 2.45) is 11.7 Å². The number of carbonyl (C=O) groups is 5. The van der Waals surface area contributed by atoms with Gasteiger partial charge >= 0.3 is 11.9 Å². The van der Waals surface area contributed by atoms with Crippen molar-refractivity contribution in [1.29, 1.82) is 0 Å². The SMILES string of the molecule is CC(C)CC(NC(=O)C(N)Cc1ccc(O)cc1)C(=O)NCC(=O)NC(CCC(=O)O)C(=O)O. The van der Waals surface area contributed by atoms with Gasteiger partial charge in [-0.1, -0.05) is 26.0 Å². The highest BCUT2D eigenvalue weighted by molar-refractivity contribution is 5.92. The number of hydrogen-bond acceptors (Lipinski definition) is 7. The summed E-state index contributed by atoms with van der Waals surface area (Å²) in [5, 5.41) is 34.2. The lowest BCUT2D eigenvalue weighted by Gasteiger charge is -2.22. The fourth-order valence-electron chi connectivity index (χ4n) is 3.02. The summed E-state index contributed by atoms with van der Waals surface area (Å²) in [5.74, 6) is -4.53. The van der Waals surface area contributed by atoms with E-state index in [1.807, 2.05) is 13.8 Å². The predicted octanol–water partition coefficient (Wildman–Crippen LogP) is -0.657. The van der Waals surface area contributed by atoms with Crippen LogP contribution in [0.15, 0.2) is 24.3 Å². The Bertz CT molecular complexity index is 872. The summed E-state index contributed by atoms with van der Waals surface area (Å²) in [5.41, 5.74) is 6.67. The average Bonchev–Trinajstić information content (AvgIpc) is 2.75. The van der Waals surface area contributed by atoms with Crippen molar-refractivity contribution in [3.8, 4) is 5.75 Å². The molecular formula is C22H32N4O8. The first kappa shape index (κ1) is 28.4. The van der Waals surface area contributed by atoms with Crippen LogP contribution in [0.4, 0.5) is 0 Å². The van der Waals surface area contributed by atoms with Gasteiger partial charge in [-0.15, -0.1) is 0 Å². The molecule has 12 nitrogen and oxygen atoms in total. The molecule has 0 aliphatic carbocycles. The van der Waals surface area contributed by atoms with Crippen LogP contribution in [0.3, 0.4) is 0 Å². The van der Waals surface area contributed by atoms with Gasteiger partial charge in [0.1, 0.15) is 17.8 Å². The monoisotopic (exact) mass is 480 g/mol. The molecule has 0 aliphatic rings. The number of aliphatic carboxylic acids is 2. The lowest BCUT2D eigenvalue weighted by molar-refractivity contribution is -0.143. The number of carboxylic acids is 2. The largest absolute Gasteiger partial charge is 0.508 e. The van der Waals surface area contributed by atoms with Gasteiger partial charge < -0.3 is 37.0 Å². The smallest absolute Gasteiger partial charge is 0.326 e. The van der Waals surface area contributed by atoms with E-state index in [1.54, 1.807) is 12.1 Å². The summed E-state index contributed by atoms with van der Waals surface area (Å²) >= 11 is 0. The second-order valence-electron chi connectivity index (χ2n) is 8.28. The Morgan fingerprint density at radius 1 is 0.941 bits per heavy atom. The Hall–Kier alpha value is -3.67. The second-order valence-corrected chi connectivity index (χ2v) is 8.28. The summed E-state index contributed by atoms with van der Waals surface area (Å²) in [6, 6.07) is 2.84. The molecule has 34 heavy (non-hydrogen) atoms. The normalized spacial score (nSPS) is 13.4. The van der Waals surface area contributed by atoms with E-state index in [0.717, 1.165) is 5.56 Å². The highest BCUT2D eigenvalue weighted by Crippen LogP contribution is 2.11. The van der Waals surface area contributed by atoms with Crippen LogP contribution in [0, 0.1) is 5.92 Å². The van der Waals surface area contributed by atoms with Crippen LogP contribution in [0.2, 0.25) is 0 Å². The van der Waals surface area contributed by atoms with Crippen molar-refractivity contribution in [3.05, 3.63) is 29.8 Å². The fourth-order valence-corrected chi connectivity index (χ4v) is 3.02. The topological polar surface area (TPSA) is 208 Å². The number of phenolic OH excluding ortho intramolecular Hbond substituents is 1. The highest BCUT2D eigenvalue weighted by Gasteiger charge is 2.26. The van der Waals surface area contributed by atoms with Crippen molar-refractivity contribution in [1.82, 2.24) is 16.0 Å². The first-order valence-corrected chi connectivity index (χ1v) is 10.7. The molecule has 8 N–H and O–H groups in total. The number of nitrogens with two attached hydrogens (primary N) is 1. The number of rotatable bonds is 14. The Kier molecular flexibility index (Phi) is 11.5. The molecule has 1 aromatic rings. The molecule has 0 heterocycles. The van der Waals surface area contributed by atoms with Crippen LogP contribution < -0.4 is 21.7 Å². The molecule has 0 aromatic heterocycles. The van der Waals surface area contributed by atoms with E-state index in [-0.39, 0.29) is 30.9 Å². The van der Waals surface area contributed by atoms with E-state index in [2.05, 4.69) is 16.0 Å². The summed E-state index contributed by atoms with van der Waals surface area (Å²) in [6.45, 7) is 3.13. The van der Waals surface area contributed by atoms with Crippen molar-refractivity contribution in [2.75, 3.05) is 6.54 Å². The summed E-state index contributed by atoms with van der Waals surface area (Å²) < 4.78 is 0. The fraction of sp³-hybridized carbons (Fsp3) is 0.500. The van der Waals surface area contributed by atoms with Crippen LogP contribution in [0.25, 0.3) is 0 Å². The summed E-state index contributed by atoms with van der Waals surface area (Å²) in [7, 11) is 0. The van der Waals surface area contributed by atoms with Gasteiger partial charge in [-0.2, -0.15) is 0 Å². The van der Waals surface area contributed by atoms with Crippen molar-refractivity contribution >= 4 is 29.7 Å². The molecule has 0 saturated heterocycles. The van der Waals surface area contributed by atoms with E-state index in [0.29, 0.717) is 0 Å².